The molecule has 0 spiro atoms. The van der Waals surface area contributed by atoms with Gasteiger partial charge < -0.3 is 10.5 Å². The van der Waals surface area contributed by atoms with Crippen LogP contribution in [0.4, 0.5) is 0 Å². The van der Waals surface area contributed by atoms with E-state index in [4.69, 9.17) is 10.5 Å². The van der Waals surface area contributed by atoms with Gasteiger partial charge in [0.1, 0.15) is 9.84 Å². The van der Waals surface area contributed by atoms with E-state index in [1.165, 1.54) is 6.26 Å². The fraction of sp³-hybridized carbons (Fsp3) is 1.00. The predicted molar refractivity (Wildman–Crippen MR) is 74.2 cm³/mol. The van der Waals surface area contributed by atoms with Gasteiger partial charge in [-0.3, -0.25) is 0 Å². The van der Waals surface area contributed by atoms with Crippen LogP contribution in [0.2, 0.25) is 0 Å². The van der Waals surface area contributed by atoms with Crippen LogP contribution in [0.25, 0.3) is 0 Å². The monoisotopic (exact) mass is 277 g/mol. The van der Waals surface area contributed by atoms with Crippen LogP contribution >= 0.6 is 0 Å². The number of rotatable bonds is 5. The van der Waals surface area contributed by atoms with Crippen LogP contribution < -0.4 is 5.73 Å². The van der Waals surface area contributed by atoms with Gasteiger partial charge in [-0.05, 0) is 31.1 Å². The first-order valence-electron chi connectivity index (χ1n) is 6.74. The molecule has 108 valence electrons. The van der Waals surface area contributed by atoms with Crippen LogP contribution in [0.1, 0.15) is 39.5 Å². The average molecular weight is 277 g/mol. The third-order valence-electron chi connectivity index (χ3n) is 4.13. The summed E-state index contributed by atoms with van der Waals surface area (Å²) in [7, 11) is -1.26. The van der Waals surface area contributed by atoms with Gasteiger partial charge in [0.05, 0.1) is 11.4 Å². The number of sulfone groups is 1. The highest BCUT2D eigenvalue weighted by atomic mass is 32.2. The summed E-state index contributed by atoms with van der Waals surface area (Å²) in [5.41, 5.74) is 6.29. The molecule has 4 nitrogen and oxygen atoms in total. The van der Waals surface area contributed by atoms with Gasteiger partial charge in [0.15, 0.2) is 0 Å². The summed E-state index contributed by atoms with van der Waals surface area (Å²) in [6, 6.07) is -0.0699. The Kier molecular flexibility index (Phi) is 5.62. The third-order valence-corrected chi connectivity index (χ3v) is 5.76. The topological polar surface area (TPSA) is 69.4 Å². The van der Waals surface area contributed by atoms with Crippen LogP contribution in [-0.4, -0.2) is 39.2 Å². The van der Waals surface area contributed by atoms with Crippen LogP contribution in [0.3, 0.4) is 0 Å². The Bertz CT molecular complexity index is 353. The Morgan fingerprint density at radius 3 is 2.33 bits per heavy atom. The molecule has 1 saturated carbocycles. The van der Waals surface area contributed by atoms with E-state index in [1.807, 2.05) is 0 Å². The molecular formula is C13H27NO3S. The van der Waals surface area contributed by atoms with Crippen molar-refractivity contribution in [1.82, 2.24) is 0 Å². The van der Waals surface area contributed by atoms with Crippen LogP contribution in [0.15, 0.2) is 0 Å². The molecule has 1 aliphatic carbocycles. The Morgan fingerprint density at radius 1 is 1.28 bits per heavy atom. The van der Waals surface area contributed by atoms with Crippen LogP contribution in [0.5, 0.6) is 0 Å². The van der Waals surface area contributed by atoms with Crippen LogP contribution in [0, 0.1) is 11.8 Å². The molecule has 2 N–H and O–H groups in total. The van der Waals surface area contributed by atoms with Crippen molar-refractivity contribution in [3.8, 4) is 0 Å². The lowest BCUT2D eigenvalue weighted by Crippen LogP contribution is -2.47. The first-order valence-corrected chi connectivity index (χ1v) is 8.70. The second-order valence-corrected chi connectivity index (χ2v) is 8.23. The van der Waals surface area contributed by atoms with Crippen molar-refractivity contribution in [2.24, 2.45) is 17.6 Å². The van der Waals surface area contributed by atoms with Crippen molar-refractivity contribution in [2.45, 2.75) is 56.9 Å². The summed E-state index contributed by atoms with van der Waals surface area (Å²) in [6.07, 6.45) is 4.77. The van der Waals surface area contributed by atoms with Gasteiger partial charge in [0, 0.05) is 19.4 Å². The lowest BCUT2D eigenvalue weighted by Gasteiger charge is -2.36. The first-order chi connectivity index (χ1) is 8.27. The predicted octanol–water partition coefficient (Wildman–Crippen LogP) is 1.59. The van der Waals surface area contributed by atoms with Gasteiger partial charge in [-0.25, -0.2) is 8.42 Å². The summed E-state index contributed by atoms with van der Waals surface area (Å²) in [4.78, 5) is 0. The number of hydrogen-bond donors (Lipinski definition) is 1. The van der Waals surface area contributed by atoms with E-state index in [-0.39, 0.29) is 23.3 Å². The summed E-state index contributed by atoms with van der Waals surface area (Å²) < 4.78 is 28.8. The zero-order valence-electron chi connectivity index (χ0n) is 11.9. The summed E-state index contributed by atoms with van der Waals surface area (Å²) >= 11 is 0. The van der Waals surface area contributed by atoms with Crippen molar-refractivity contribution >= 4 is 9.84 Å². The molecule has 18 heavy (non-hydrogen) atoms. The van der Waals surface area contributed by atoms with Crippen molar-refractivity contribution < 1.29 is 13.2 Å². The molecule has 0 aliphatic heterocycles. The lowest BCUT2D eigenvalue weighted by molar-refractivity contribution is 0.0219. The SMILES string of the molecule is COC(C(C)C)C(N)C1CCCC(S(C)(=O)=O)C1. The molecule has 0 amide bonds. The summed E-state index contributed by atoms with van der Waals surface area (Å²) in [5.74, 6) is 0.606. The van der Waals surface area contributed by atoms with E-state index in [0.29, 0.717) is 12.3 Å². The van der Waals surface area contributed by atoms with Gasteiger partial charge in [-0.2, -0.15) is 0 Å². The molecule has 0 aromatic heterocycles. The lowest BCUT2D eigenvalue weighted by atomic mass is 9.79. The van der Waals surface area contributed by atoms with E-state index in [0.717, 1.165) is 19.3 Å². The smallest absolute Gasteiger partial charge is 0.150 e. The molecule has 1 fully saturated rings. The maximum atomic E-state index is 11.7. The van der Waals surface area contributed by atoms with Crippen molar-refractivity contribution in [2.75, 3.05) is 13.4 Å². The quantitative estimate of drug-likeness (QED) is 0.828. The fourth-order valence-electron chi connectivity index (χ4n) is 3.06. The highest BCUT2D eigenvalue weighted by Crippen LogP contribution is 2.32. The Hall–Kier alpha value is -0.130. The van der Waals surface area contributed by atoms with E-state index in [2.05, 4.69) is 13.8 Å². The Balaban J connectivity index is 2.71. The number of hydrogen-bond acceptors (Lipinski definition) is 4. The minimum Gasteiger partial charge on any atom is -0.380 e. The molecule has 0 heterocycles. The second-order valence-electron chi connectivity index (χ2n) is 5.90. The molecule has 1 rings (SSSR count). The van der Waals surface area contributed by atoms with Gasteiger partial charge in [0.2, 0.25) is 0 Å². The molecule has 1 aliphatic rings. The third kappa shape index (κ3) is 3.93. The molecule has 4 atom stereocenters. The highest BCUT2D eigenvalue weighted by molar-refractivity contribution is 7.91. The zero-order chi connectivity index (χ0) is 13.9. The number of methoxy groups -OCH3 is 1. The molecule has 0 aromatic rings. The van der Waals surface area contributed by atoms with E-state index in [1.54, 1.807) is 7.11 Å². The molecule has 0 aromatic carbocycles. The maximum Gasteiger partial charge on any atom is 0.150 e. The second kappa shape index (κ2) is 6.35. The van der Waals surface area contributed by atoms with Crippen molar-refractivity contribution in [3.63, 3.8) is 0 Å². The van der Waals surface area contributed by atoms with Gasteiger partial charge >= 0.3 is 0 Å². The minimum absolute atomic E-state index is 0.00769. The Morgan fingerprint density at radius 2 is 1.89 bits per heavy atom. The fourth-order valence-corrected chi connectivity index (χ4v) is 4.25. The molecule has 0 bridgehead atoms. The van der Waals surface area contributed by atoms with Gasteiger partial charge in [0.25, 0.3) is 0 Å². The zero-order valence-corrected chi connectivity index (χ0v) is 12.7. The normalized spacial score (nSPS) is 29.2. The van der Waals surface area contributed by atoms with E-state index < -0.39 is 9.84 Å². The molecular weight excluding hydrogens is 250 g/mol. The molecule has 5 heteroatoms. The number of nitrogens with two attached hydrogens (primary N) is 1. The average Bonchev–Trinajstić information content (AvgIpc) is 2.28. The van der Waals surface area contributed by atoms with Crippen molar-refractivity contribution in [3.05, 3.63) is 0 Å². The first kappa shape index (κ1) is 15.9. The Labute approximate surface area is 111 Å². The molecule has 0 saturated heterocycles. The van der Waals surface area contributed by atoms with Gasteiger partial charge in [-0.15, -0.1) is 0 Å². The highest BCUT2D eigenvalue weighted by Gasteiger charge is 2.35. The summed E-state index contributed by atoms with van der Waals surface area (Å²) in [6.45, 7) is 4.18. The van der Waals surface area contributed by atoms with Gasteiger partial charge in [-0.1, -0.05) is 20.3 Å². The van der Waals surface area contributed by atoms with Crippen molar-refractivity contribution in [1.29, 1.82) is 0 Å². The molecule has 4 unspecified atom stereocenters. The van der Waals surface area contributed by atoms with E-state index >= 15 is 0 Å². The van der Waals surface area contributed by atoms with E-state index in [9.17, 15) is 8.42 Å². The minimum atomic E-state index is -2.94. The largest absolute Gasteiger partial charge is 0.380 e. The van der Waals surface area contributed by atoms with Crippen LogP contribution in [-0.2, 0) is 14.6 Å². The number of ether oxygens (including phenoxy) is 1. The maximum absolute atomic E-state index is 11.7. The molecule has 0 radical (unpaired) electrons. The summed E-state index contributed by atoms with van der Waals surface area (Å²) in [5, 5.41) is -0.216. The standard InChI is InChI=1S/C13H27NO3S/c1-9(2)13(17-3)12(14)10-6-5-7-11(8-10)18(4,15)16/h9-13H,5-8,14H2,1-4H3.